The number of nitriles is 1. The molecule has 7 rings (SSSR count). The van der Waals surface area contributed by atoms with Crippen molar-refractivity contribution >= 4 is 76.6 Å². The Morgan fingerprint density at radius 1 is 0.568 bits per heavy atom. The summed E-state index contributed by atoms with van der Waals surface area (Å²) < 4.78 is 1.96. The largest absolute Gasteiger partial charge is 0.316 e. The molecule has 0 bridgehead atoms. The van der Waals surface area contributed by atoms with Gasteiger partial charge in [0.05, 0.1) is 36.9 Å². The van der Waals surface area contributed by atoms with Gasteiger partial charge in [0, 0.05) is 33.3 Å². The van der Waals surface area contributed by atoms with E-state index in [0.717, 1.165) is 48.6 Å². The second kappa shape index (κ2) is 7.31. The van der Waals surface area contributed by atoms with Crippen LogP contribution in [0.2, 0.25) is 0 Å². The normalized spacial score (nSPS) is 11.1. The highest BCUT2D eigenvalue weighted by atomic mass is 14.9. The van der Waals surface area contributed by atoms with Crippen molar-refractivity contribution in [2.24, 2.45) is 0 Å². The van der Waals surface area contributed by atoms with Gasteiger partial charge in [-0.15, -0.1) is 0 Å². The lowest BCUT2D eigenvalue weighted by molar-refractivity contribution is 1.29. The Bertz CT molecular complexity index is 2350. The minimum absolute atomic E-state index is 0.0661. The minimum Gasteiger partial charge on any atom is -0.316 e. The molecule has 0 radical (unpaired) electrons. The quantitative estimate of drug-likeness (QED) is 0.162. The predicted octanol–water partition coefficient (Wildman–Crippen LogP) is 9.23. The van der Waals surface area contributed by atoms with E-state index >= 15 is 0 Å². The molecule has 7 aromatic rings. The Labute approximate surface area is 211 Å². The van der Waals surface area contributed by atoms with Gasteiger partial charge in [-0.1, -0.05) is 72.8 Å². The summed E-state index contributed by atoms with van der Waals surface area (Å²) >= 11 is 0. The molecule has 0 amide bonds. The van der Waals surface area contributed by atoms with Crippen LogP contribution in [0, 0.1) is 31.0 Å². The Morgan fingerprint density at radius 3 is 1.70 bits per heavy atom. The molecule has 2 aromatic heterocycles. The van der Waals surface area contributed by atoms with Gasteiger partial charge in [-0.3, -0.25) is 14.5 Å². The summed E-state index contributed by atoms with van der Waals surface area (Å²) in [6, 6.07) is 26.5. The van der Waals surface area contributed by atoms with Gasteiger partial charge in [0.15, 0.2) is 5.69 Å². The zero-order valence-corrected chi connectivity index (χ0v) is 19.2. The van der Waals surface area contributed by atoms with E-state index in [1.54, 1.807) is 0 Å². The molecule has 0 saturated carbocycles. The fourth-order valence-electron chi connectivity index (χ4n) is 5.84. The van der Waals surface area contributed by atoms with Crippen molar-refractivity contribution in [2.45, 2.75) is 0 Å². The second-order valence-electron chi connectivity index (χ2n) is 8.87. The third kappa shape index (κ3) is 2.42. The molecule has 0 N–H and O–H groups in total. The van der Waals surface area contributed by atoms with Crippen LogP contribution in [0.5, 0.6) is 0 Å². The topological polar surface area (TPSA) is 41.3 Å². The van der Waals surface area contributed by atoms with Crippen molar-refractivity contribution in [1.82, 2.24) is 4.40 Å². The lowest BCUT2D eigenvalue weighted by Gasteiger charge is -2.19. The van der Waals surface area contributed by atoms with Crippen LogP contribution < -0.4 is 0 Å². The fraction of sp³-hybridized carbons (Fsp3) is 0. The van der Waals surface area contributed by atoms with Crippen LogP contribution in [0.25, 0.3) is 74.0 Å². The van der Waals surface area contributed by atoms with E-state index in [1.165, 1.54) is 0 Å². The first kappa shape index (κ1) is 20.5. The van der Waals surface area contributed by atoms with Gasteiger partial charge in [-0.25, -0.2) is 0 Å². The van der Waals surface area contributed by atoms with Crippen LogP contribution in [0.3, 0.4) is 0 Å². The summed E-state index contributed by atoms with van der Waals surface area (Å²) in [6.45, 7) is 23.8. The van der Waals surface area contributed by atoms with Gasteiger partial charge in [0.1, 0.15) is 0 Å². The number of hydrogen-bond acceptors (Lipinski definition) is 1. The molecular weight excluding hydrogens is 454 g/mol. The fourth-order valence-corrected chi connectivity index (χ4v) is 5.84. The predicted molar refractivity (Wildman–Crippen MR) is 148 cm³/mol. The SMILES string of the molecule is [C-]#[N+]c1c([N+]#[C-])c(C#N)c2c(c1[N+]#[C-])c1c3ccccc3c3ccccc3c1c1c3ccccc3cn21. The zero-order chi connectivity index (χ0) is 25.3. The number of fused-ring (bicyclic) bond motifs is 13. The number of nitrogens with zero attached hydrogens (tertiary/aromatic N) is 5. The Morgan fingerprint density at radius 2 is 1.11 bits per heavy atom. The van der Waals surface area contributed by atoms with Crippen molar-refractivity contribution in [3.05, 3.63) is 119 Å². The Kier molecular flexibility index (Phi) is 4.05. The highest BCUT2D eigenvalue weighted by molar-refractivity contribution is 6.39. The van der Waals surface area contributed by atoms with E-state index in [4.69, 9.17) is 19.7 Å². The number of hydrogen-bond donors (Lipinski definition) is 0. The van der Waals surface area contributed by atoms with E-state index in [-0.39, 0.29) is 22.6 Å². The Hall–Kier alpha value is -5.88. The van der Waals surface area contributed by atoms with Crippen molar-refractivity contribution < 1.29 is 0 Å². The average molecular weight is 467 g/mol. The third-order valence-corrected chi connectivity index (χ3v) is 7.23. The highest BCUT2D eigenvalue weighted by Gasteiger charge is 2.27. The lowest BCUT2D eigenvalue weighted by Crippen LogP contribution is -1.96. The van der Waals surface area contributed by atoms with Gasteiger partial charge < -0.3 is 4.40 Å². The van der Waals surface area contributed by atoms with E-state index < -0.39 is 0 Å². The summed E-state index contributed by atoms with van der Waals surface area (Å²) in [5, 5.41) is 18.7. The van der Waals surface area contributed by atoms with Crippen molar-refractivity contribution in [3.8, 4) is 6.07 Å². The first-order chi connectivity index (χ1) is 18.2. The maximum atomic E-state index is 10.3. The molecule has 5 nitrogen and oxygen atoms in total. The number of aromatic nitrogens is 1. The first-order valence-electron chi connectivity index (χ1n) is 11.5. The summed E-state index contributed by atoms with van der Waals surface area (Å²) in [5.74, 6) is 0. The summed E-state index contributed by atoms with van der Waals surface area (Å²) in [5.41, 5.74) is 1.50. The van der Waals surface area contributed by atoms with Crippen molar-refractivity contribution in [3.63, 3.8) is 0 Å². The van der Waals surface area contributed by atoms with Gasteiger partial charge >= 0.3 is 0 Å². The van der Waals surface area contributed by atoms with Crippen LogP contribution in [0.15, 0.2) is 79.0 Å². The molecule has 0 aliphatic heterocycles. The molecule has 0 unspecified atom stereocenters. The molecule has 2 heterocycles. The molecule has 0 fully saturated rings. The zero-order valence-electron chi connectivity index (χ0n) is 19.2. The van der Waals surface area contributed by atoms with Gasteiger partial charge in [-0.2, -0.15) is 5.26 Å². The highest BCUT2D eigenvalue weighted by Crippen LogP contribution is 2.52. The molecule has 166 valence electrons. The number of benzene rings is 5. The number of pyridine rings is 1. The summed E-state index contributed by atoms with van der Waals surface area (Å²) in [4.78, 5) is 11.0. The lowest BCUT2D eigenvalue weighted by atomic mass is 9.89. The van der Waals surface area contributed by atoms with E-state index in [9.17, 15) is 5.26 Å². The molecule has 5 heteroatoms. The summed E-state index contributed by atoms with van der Waals surface area (Å²) in [6.07, 6.45) is 1.97. The van der Waals surface area contributed by atoms with E-state index in [2.05, 4.69) is 44.9 Å². The molecule has 0 atom stereocenters. The average Bonchev–Trinajstić information content (AvgIpc) is 3.34. The second-order valence-corrected chi connectivity index (χ2v) is 8.87. The molecule has 0 saturated heterocycles. The van der Waals surface area contributed by atoms with Crippen LogP contribution in [0.1, 0.15) is 5.56 Å². The maximum absolute atomic E-state index is 10.3. The van der Waals surface area contributed by atoms with Crippen LogP contribution in [-0.2, 0) is 0 Å². The van der Waals surface area contributed by atoms with Gasteiger partial charge in [0.25, 0.3) is 0 Å². The van der Waals surface area contributed by atoms with Gasteiger partial charge in [0.2, 0.25) is 11.4 Å². The third-order valence-electron chi connectivity index (χ3n) is 7.23. The van der Waals surface area contributed by atoms with Gasteiger partial charge in [-0.05, 0) is 26.9 Å². The van der Waals surface area contributed by atoms with Crippen LogP contribution in [0.4, 0.5) is 17.1 Å². The minimum atomic E-state index is -0.0699. The molecular formula is C32H13N5. The molecule has 0 aliphatic carbocycles. The standard InChI is InChI=1S/C32H13N5/c1-34-28-24(16-33)32-27(29(35-2)30(28)36-3)25-22-14-8-6-12-20(22)21-13-7-9-15-23(21)26(25)31-19-11-5-4-10-18(19)17-37(31)32/h4-15,17H. The van der Waals surface area contributed by atoms with Crippen LogP contribution >= 0.6 is 0 Å². The monoisotopic (exact) mass is 467 g/mol. The first-order valence-corrected chi connectivity index (χ1v) is 11.5. The van der Waals surface area contributed by atoms with Crippen molar-refractivity contribution in [1.29, 1.82) is 5.26 Å². The summed E-state index contributed by atoms with van der Waals surface area (Å²) in [7, 11) is 0. The molecule has 0 aliphatic rings. The molecule has 5 aromatic carbocycles. The maximum Gasteiger partial charge on any atom is 0.203 e. The van der Waals surface area contributed by atoms with Crippen LogP contribution in [-0.4, -0.2) is 4.40 Å². The molecule has 37 heavy (non-hydrogen) atoms. The molecule has 0 spiro atoms. The van der Waals surface area contributed by atoms with E-state index in [1.807, 2.05) is 59.1 Å². The number of rotatable bonds is 0. The Balaban J connectivity index is 2.05. The van der Waals surface area contributed by atoms with E-state index in [0.29, 0.717) is 10.9 Å². The smallest absolute Gasteiger partial charge is 0.203 e. The van der Waals surface area contributed by atoms with Crippen molar-refractivity contribution in [2.75, 3.05) is 0 Å².